The zero-order chi connectivity index (χ0) is 11.0. The highest BCUT2D eigenvalue weighted by Crippen LogP contribution is 2.23. The molecule has 1 unspecified atom stereocenters. The lowest BCUT2D eigenvalue weighted by Crippen LogP contribution is -2.56. The summed E-state index contributed by atoms with van der Waals surface area (Å²) < 4.78 is 22.0. The Bertz CT molecular complexity index is 278. The fourth-order valence-electron chi connectivity index (χ4n) is 1.93. The fourth-order valence-corrected chi connectivity index (χ4v) is 3.25. The molecule has 1 heterocycles. The van der Waals surface area contributed by atoms with Crippen molar-refractivity contribution in [3.05, 3.63) is 0 Å². The molecule has 1 rings (SSSR count). The van der Waals surface area contributed by atoms with Gasteiger partial charge in [-0.1, -0.05) is 27.7 Å². The quantitative estimate of drug-likeness (QED) is 0.776. The van der Waals surface area contributed by atoms with Crippen LogP contribution in [-0.4, -0.2) is 32.0 Å². The van der Waals surface area contributed by atoms with Crippen molar-refractivity contribution in [2.75, 3.05) is 11.5 Å². The molecule has 0 saturated carbocycles. The Kier molecular flexibility index (Phi) is 3.26. The third-order valence-electron chi connectivity index (χ3n) is 2.80. The van der Waals surface area contributed by atoms with Gasteiger partial charge in [0.15, 0.2) is 9.84 Å². The highest BCUT2D eigenvalue weighted by molar-refractivity contribution is 7.92. The molecule has 0 aromatic rings. The van der Waals surface area contributed by atoms with Gasteiger partial charge >= 0.3 is 0 Å². The van der Waals surface area contributed by atoms with Gasteiger partial charge in [0.25, 0.3) is 0 Å². The van der Waals surface area contributed by atoms with Crippen molar-refractivity contribution in [1.29, 1.82) is 0 Å². The SMILES string of the molecule is CCC(NC1CS(=O)(=O)C1)C(C)(C)C. The van der Waals surface area contributed by atoms with Gasteiger partial charge in [-0.3, -0.25) is 0 Å². The van der Waals surface area contributed by atoms with Gasteiger partial charge in [0.05, 0.1) is 11.5 Å². The first-order chi connectivity index (χ1) is 6.24. The summed E-state index contributed by atoms with van der Waals surface area (Å²) in [6.45, 7) is 8.68. The Hall–Kier alpha value is -0.0900. The zero-order valence-electron chi connectivity index (χ0n) is 9.50. The molecule has 1 aliphatic heterocycles. The van der Waals surface area contributed by atoms with Gasteiger partial charge in [0.2, 0.25) is 0 Å². The van der Waals surface area contributed by atoms with E-state index in [2.05, 4.69) is 33.0 Å². The third-order valence-corrected chi connectivity index (χ3v) is 4.62. The maximum absolute atomic E-state index is 11.0. The smallest absolute Gasteiger partial charge is 0.153 e. The minimum Gasteiger partial charge on any atom is -0.309 e. The molecule has 0 aromatic heterocycles. The first-order valence-electron chi connectivity index (χ1n) is 5.21. The summed E-state index contributed by atoms with van der Waals surface area (Å²) in [6, 6.07) is 0.590. The minimum absolute atomic E-state index is 0.184. The van der Waals surface area contributed by atoms with Gasteiger partial charge in [-0.2, -0.15) is 0 Å². The Morgan fingerprint density at radius 1 is 1.36 bits per heavy atom. The topological polar surface area (TPSA) is 46.2 Å². The molecule has 84 valence electrons. The molecule has 4 heteroatoms. The highest BCUT2D eigenvalue weighted by Gasteiger charge is 2.36. The van der Waals surface area contributed by atoms with E-state index in [-0.39, 0.29) is 11.5 Å². The van der Waals surface area contributed by atoms with E-state index < -0.39 is 9.84 Å². The van der Waals surface area contributed by atoms with Crippen LogP contribution in [0.5, 0.6) is 0 Å². The summed E-state index contributed by atoms with van der Waals surface area (Å²) in [7, 11) is -2.69. The Morgan fingerprint density at radius 3 is 2.14 bits per heavy atom. The van der Waals surface area contributed by atoms with Crippen LogP contribution in [0.15, 0.2) is 0 Å². The Labute approximate surface area is 87.2 Å². The minimum atomic E-state index is -2.69. The zero-order valence-corrected chi connectivity index (χ0v) is 10.3. The van der Waals surface area contributed by atoms with Gasteiger partial charge in [0.1, 0.15) is 0 Å². The Balaban J connectivity index is 2.44. The summed E-state index contributed by atoms with van der Waals surface area (Å²) in [5.41, 5.74) is 0.202. The van der Waals surface area contributed by atoms with Crippen LogP contribution in [0.3, 0.4) is 0 Å². The van der Waals surface area contributed by atoms with Crippen molar-refractivity contribution in [2.45, 2.75) is 46.2 Å². The number of hydrogen-bond acceptors (Lipinski definition) is 3. The van der Waals surface area contributed by atoms with Crippen molar-refractivity contribution < 1.29 is 8.42 Å². The molecule has 0 spiro atoms. The third kappa shape index (κ3) is 2.95. The van der Waals surface area contributed by atoms with Crippen molar-refractivity contribution in [3.8, 4) is 0 Å². The van der Waals surface area contributed by atoms with Gasteiger partial charge < -0.3 is 5.32 Å². The van der Waals surface area contributed by atoms with Crippen LogP contribution in [0.25, 0.3) is 0 Å². The van der Waals surface area contributed by atoms with Crippen LogP contribution in [0.2, 0.25) is 0 Å². The van der Waals surface area contributed by atoms with Gasteiger partial charge in [-0.15, -0.1) is 0 Å². The van der Waals surface area contributed by atoms with E-state index >= 15 is 0 Å². The molecule has 1 fully saturated rings. The van der Waals surface area contributed by atoms with Crippen LogP contribution in [0, 0.1) is 5.41 Å². The van der Waals surface area contributed by atoms with Crippen molar-refractivity contribution in [1.82, 2.24) is 5.32 Å². The van der Waals surface area contributed by atoms with E-state index in [4.69, 9.17) is 0 Å². The summed E-state index contributed by atoms with van der Waals surface area (Å²) in [4.78, 5) is 0. The molecule has 0 amide bonds. The van der Waals surface area contributed by atoms with Crippen LogP contribution < -0.4 is 5.32 Å². The summed E-state index contributed by atoms with van der Waals surface area (Å²) in [5, 5.41) is 3.42. The maximum atomic E-state index is 11.0. The van der Waals surface area contributed by atoms with Gasteiger partial charge in [-0.05, 0) is 11.8 Å². The lowest BCUT2D eigenvalue weighted by molar-refractivity contribution is 0.244. The Morgan fingerprint density at radius 2 is 1.86 bits per heavy atom. The average Bonchev–Trinajstić information content (AvgIpc) is 1.93. The first-order valence-corrected chi connectivity index (χ1v) is 7.03. The van der Waals surface area contributed by atoms with Crippen LogP contribution in [0.4, 0.5) is 0 Å². The maximum Gasteiger partial charge on any atom is 0.153 e. The molecule has 1 N–H and O–H groups in total. The molecule has 0 aliphatic carbocycles. The lowest BCUT2D eigenvalue weighted by atomic mass is 9.85. The molecule has 0 radical (unpaired) electrons. The van der Waals surface area contributed by atoms with Crippen LogP contribution >= 0.6 is 0 Å². The monoisotopic (exact) mass is 219 g/mol. The first kappa shape index (κ1) is 12.0. The normalized spacial score (nSPS) is 24.3. The largest absolute Gasteiger partial charge is 0.309 e. The van der Waals surface area contributed by atoms with Crippen molar-refractivity contribution in [3.63, 3.8) is 0 Å². The highest BCUT2D eigenvalue weighted by atomic mass is 32.2. The van der Waals surface area contributed by atoms with E-state index in [1.54, 1.807) is 0 Å². The molecule has 1 saturated heterocycles. The predicted octanol–water partition coefficient (Wildman–Crippen LogP) is 1.20. The van der Waals surface area contributed by atoms with E-state index in [1.165, 1.54) is 0 Å². The number of rotatable bonds is 3. The molecule has 14 heavy (non-hydrogen) atoms. The second kappa shape index (κ2) is 3.81. The predicted molar refractivity (Wildman–Crippen MR) is 59.1 cm³/mol. The number of sulfone groups is 1. The van der Waals surface area contributed by atoms with Crippen molar-refractivity contribution >= 4 is 9.84 Å². The second-order valence-electron chi connectivity index (χ2n) is 5.27. The molecule has 0 aromatic carbocycles. The molecule has 1 aliphatic rings. The summed E-state index contributed by atoms with van der Waals surface area (Å²) in [5.74, 6) is 0.638. The molecular formula is C10H21NO2S. The second-order valence-corrected chi connectivity index (χ2v) is 7.42. The van der Waals surface area contributed by atoms with Gasteiger partial charge in [-0.25, -0.2) is 8.42 Å². The van der Waals surface area contributed by atoms with Crippen molar-refractivity contribution in [2.24, 2.45) is 5.41 Å². The molecule has 3 nitrogen and oxygen atoms in total. The molecular weight excluding hydrogens is 198 g/mol. The summed E-state index contributed by atoms with van der Waals surface area (Å²) in [6.07, 6.45) is 1.04. The van der Waals surface area contributed by atoms with E-state index in [0.29, 0.717) is 17.5 Å². The standard InChI is InChI=1S/C10H21NO2S/c1-5-9(10(2,3)4)11-8-6-14(12,13)7-8/h8-9,11H,5-7H2,1-4H3. The van der Waals surface area contributed by atoms with E-state index in [9.17, 15) is 8.42 Å². The van der Waals surface area contributed by atoms with Gasteiger partial charge in [0, 0.05) is 12.1 Å². The number of hydrogen-bond donors (Lipinski definition) is 1. The molecule has 1 atom stereocenters. The van der Waals surface area contributed by atoms with Crippen LogP contribution in [-0.2, 0) is 9.84 Å². The lowest BCUT2D eigenvalue weighted by Gasteiger charge is -2.37. The molecule has 0 bridgehead atoms. The number of nitrogens with one attached hydrogen (secondary N) is 1. The van der Waals surface area contributed by atoms with Crippen LogP contribution in [0.1, 0.15) is 34.1 Å². The average molecular weight is 219 g/mol. The summed E-state index contributed by atoms with van der Waals surface area (Å²) >= 11 is 0. The van der Waals surface area contributed by atoms with E-state index in [1.807, 2.05) is 0 Å². The van der Waals surface area contributed by atoms with E-state index in [0.717, 1.165) is 6.42 Å². The fraction of sp³-hybridized carbons (Fsp3) is 1.00.